The van der Waals surface area contributed by atoms with Crippen LogP contribution < -0.4 is 10.1 Å². The number of ether oxygens (including phenoxy) is 2. The van der Waals surface area contributed by atoms with Gasteiger partial charge in [0.1, 0.15) is 12.4 Å². The van der Waals surface area contributed by atoms with Crippen LogP contribution in [0.15, 0.2) is 24.3 Å². The van der Waals surface area contributed by atoms with Gasteiger partial charge < -0.3 is 14.8 Å². The SMILES string of the molecule is CNCCOC(=O)Oc1ccc([N+](=O)[O-])cc1. The molecular formula is C10H12N2O5. The number of hydrogen-bond acceptors (Lipinski definition) is 6. The topological polar surface area (TPSA) is 90.7 Å². The van der Waals surface area contributed by atoms with Crippen LogP contribution >= 0.6 is 0 Å². The molecule has 1 aromatic rings. The Bertz CT molecular complexity index is 390. The third-order valence-corrected chi connectivity index (χ3v) is 1.82. The van der Waals surface area contributed by atoms with Crippen LogP contribution in [0, 0.1) is 10.1 Å². The summed E-state index contributed by atoms with van der Waals surface area (Å²) >= 11 is 0. The highest BCUT2D eigenvalue weighted by Crippen LogP contribution is 2.17. The first-order valence-electron chi connectivity index (χ1n) is 4.87. The quantitative estimate of drug-likeness (QED) is 0.274. The molecule has 1 N–H and O–H groups in total. The molecule has 0 heterocycles. The molecule has 0 aliphatic heterocycles. The first kappa shape index (κ1) is 12.9. The van der Waals surface area contributed by atoms with Gasteiger partial charge in [-0.2, -0.15) is 0 Å². The minimum absolute atomic E-state index is 0.0686. The van der Waals surface area contributed by atoms with E-state index >= 15 is 0 Å². The van der Waals surface area contributed by atoms with Gasteiger partial charge in [0, 0.05) is 18.7 Å². The molecule has 0 saturated carbocycles. The Labute approximate surface area is 97.5 Å². The number of carbonyl (C=O) groups excluding carboxylic acids is 1. The maximum absolute atomic E-state index is 11.1. The molecule has 0 bridgehead atoms. The summed E-state index contributed by atoms with van der Waals surface area (Å²) in [6, 6.07) is 5.15. The van der Waals surface area contributed by atoms with E-state index in [9.17, 15) is 14.9 Å². The van der Waals surface area contributed by atoms with Crippen molar-refractivity contribution < 1.29 is 19.2 Å². The smallest absolute Gasteiger partial charge is 0.433 e. The zero-order chi connectivity index (χ0) is 12.7. The first-order chi connectivity index (χ1) is 8.13. The number of nitro benzene ring substituents is 1. The molecule has 0 saturated heterocycles. The Morgan fingerprint density at radius 2 is 2.06 bits per heavy atom. The number of non-ortho nitro benzene ring substituents is 1. The highest BCUT2D eigenvalue weighted by molar-refractivity contribution is 5.63. The first-order valence-corrected chi connectivity index (χ1v) is 4.87. The van der Waals surface area contributed by atoms with Gasteiger partial charge in [-0.25, -0.2) is 4.79 Å². The van der Waals surface area contributed by atoms with E-state index in [-0.39, 0.29) is 18.0 Å². The number of likely N-dealkylation sites (N-methyl/N-ethyl adjacent to an activating group) is 1. The highest BCUT2D eigenvalue weighted by Gasteiger charge is 2.08. The Morgan fingerprint density at radius 1 is 1.41 bits per heavy atom. The maximum Gasteiger partial charge on any atom is 0.513 e. The van der Waals surface area contributed by atoms with E-state index in [1.807, 2.05) is 0 Å². The lowest BCUT2D eigenvalue weighted by atomic mass is 10.3. The molecule has 0 amide bonds. The highest BCUT2D eigenvalue weighted by atomic mass is 16.7. The van der Waals surface area contributed by atoms with E-state index in [0.717, 1.165) is 0 Å². The monoisotopic (exact) mass is 240 g/mol. The van der Waals surface area contributed by atoms with E-state index in [1.54, 1.807) is 7.05 Å². The van der Waals surface area contributed by atoms with Gasteiger partial charge in [0.2, 0.25) is 0 Å². The van der Waals surface area contributed by atoms with E-state index in [1.165, 1.54) is 24.3 Å². The molecule has 1 aromatic carbocycles. The summed E-state index contributed by atoms with van der Waals surface area (Å²) in [5.41, 5.74) is -0.0686. The standard InChI is InChI=1S/C10H12N2O5/c1-11-6-7-16-10(13)17-9-4-2-8(3-5-9)12(14)15/h2-5,11H,6-7H2,1H3. The van der Waals surface area contributed by atoms with Crippen molar-refractivity contribution in [1.29, 1.82) is 0 Å². The molecule has 92 valence electrons. The summed E-state index contributed by atoms with van der Waals surface area (Å²) in [5, 5.41) is 13.2. The van der Waals surface area contributed by atoms with Crippen LogP contribution in [-0.4, -0.2) is 31.3 Å². The van der Waals surface area contributed by atoms with Gasteiger partial charge in [-0.3, -0.25) is 10.1 Å². The fourth-order valence-corrected chi connectivity index (χ4v) is 0.998. The lowest BCUT2D eigenvalue weighted by molar-refractivity contribution is -0.384. The van der Waals surface area contributed by atoms with E-state index in [2.05, 4.69) is 5.32 Å². The van der Waals surface area contributed by atoms with Gasteiger partial charge >= 0.3 is 6.16 Å². The van der Waals surface area contributed by atoms with Gasteiger partial charge in [0.25, 0.3) is 5.69 Å². The summed E-state index contributed by atoms with van der Waals surface area (Å²) in [5.74, 6) is 0.199. The summed E-state index contributed by atoms with van der Waals surface area (Å²) in [6.45, 7) is 0.720. The normalized spacial score (nSPS) is 9.71. The van der Waals surface area contributed by atoms with Crippen molar-refractivity contribution >= 4 is 11.8 Å². The molecule has 0 spiro atoms. The van der Waals surface area contributed by atoms with Gasteiger partial charge in [0.15, 0.2) is 0 Å². The van der Waals surface area contributed by atoms with Crippen LogP contribution in [0.25, 0.3) is 0 Å². The molecule has 0 radical (unpaired) electrons. The van der Waals surface area contributed by atoms with Crippen molar-refractivity contribution in [3.8, 4) is 5.75 Å². The van der Waals surface area contributed by atoms with Gasteiger partial charge in [-0.1, -0.05) is 0 Å². The molecular weight excluding hydrogens is 228 g/mol. The zero-order valence-electron chi connectivity index (χ0n) is 9.21. The van der Waals surface area contributed by atoms with E-state index in [0.29, 0.717) is 6.54 Å². The second kappa shape index (κ2) is 6.44. The largest absolute Gasteiger partial charge is 0.513 e. The van der Waals surface area contributed by atoms with Crippen LogP contribution in [-0.2, 0) is 4.74 Å². The minimum atomic E-state index is -0.839. The Kier molecular flexibility index (Phi) is 4.89. The molecule has 7 heteroatoms. The lowest BCUT2D eigenvalue weighted by Crippen LogP contribution is -2.19. The molecule has 0 aromatic heterocycles. The lowest BCUT2D eigenvalue weighted by Gasteiger charge is -2.04. The second-order valence-electron chi connectivity index (χ2n) is 3.06. The minimum Gasteiger partial charge on any atom is -0.433 e. The molecule has 0 aliphatic rings. The molecule has 17 heavy (non-hydrogen) atoms. The van der Waals surface area contributed by atoms with Crippen molar-refractivity contribution in [3.05, 3.63) is 34.4 Å². The fourth-order valence-electron chi connectivity index (χ4n) is 0.998. The molecule has 0 atom stereocenters. The summed E-state index contributed by atoms with van der Waals surface area (Å²) in [6.07, 6.45) is -0.839. The van der Waals surface area contributed by atoms with Crippen molar-refractivity contribution in [2.24, 2.45) is 0 Å². The molecule has 0 fully saturated rings. The van der Waals surface area contributed by atoms with Crippen molar-refractivity contribution in [3.63, 3.8) is 0 Å². The summed E-state index contributed by atoms with van der Waals surface area (Å²) in [7, 11) is 1.73. The van der Waals surface area contributed by atoms with E-state index < -0.39 is 11.1 Å². The summed E-state index contributed by atoms with van der Waals surface area (Å²) in [4.78, 5) is 20.9. The van der Waals surface area contributed by atoms with Gasteiger partial charge in [-0.05, 0) is 19.2 Å². The predicted molar refractivity (Wildman–Crippen MR) is 59.0 cm³/mol. The average molecular weight is 240 g/mol. The average Bonchev–Trinajstić information content (AvgIpc) is 2.30. The number of benzene rings is 1. The van der Waals surface area contributed by atoms with Crippen LogP contribution in [0.4, 0.5) is 10.5 Å². The van der Waals surface area contributed by atoms with Crippen molar-refractivity contribution in [2.45, 2.75) is 0 Å². The predicted octanol–water partition coefficient (Wildman–Crippen LogP) is 1.33. The molecule has 7 nitrogen and oxygen atoms in total. The number of carbonyl (C=O) groups is 1. The van der Waals surface area contributed by atoms with Crippen LogP contribution in [0.5, 0.6) is 5.75 Å². The molecule has 0 aliphatic carbocycles. The second-order valence-corrected chi connectivity index (χ2v) is 3.06. The van der Waals surface area contributed by atoms with Crippen LogP contribution in [0.3, 0.4) is 0 Å². The third-order valence-electron chi connectivity index (χ3n) is 1.82. The third kappa shape index (κ3) is 4.47. The Hall–Kier alpha value is -2.15. The number of nitrogens with zero attached hydrogens (tertiary/aromatic N) is 1. The van der Waals surface area contributed by atoms with Gasteiger partial charge in [0.05, 0.1) is 4.92 Å². The van der Waals surface area contributed by atoms with E-state index in [4.69, 9.17) is 9.47 Å². The number of hydrogen-bond donors (Lipinski definition) is 1. The fraction of sp³-hybridized carbons (Fsp3) is 0.300. The Morgan fingerprint density at radius 3 is 2.59 bits per heavy atom. The summed E-state index contributed by atoms with van der Waals surface area (Å²) < 4.78 is 9.49. The maximum atomic E-state index is 11.1. The zero-order valence-corrected chi connectivity index (χ0v) is 9.21. The Balaban J connectivity index is 2.46. The molecule has 0 unspecified atom stereocenters. The van der Waals surface area contributed by atoms with Crippen molar-refractivity contribution in [2.75, 3.05) is 20.2 Å². The number of nitrogens with one attached hydrogen (secondary N) is 1. The number of nitro groups is 1. The van der Waals surface area contributed by atoms with Gasteiger partial charge in [-0.15, -0.1) is 0 Å². The number of rotatable bonds is 5. The molecule has 1 rings (SSSR count). The van der Waals surface area contributed by atoms with Crippen LogP contribution in [0.2, 0.25) is 0 Å². The van der Waals surface area contributed by atoms with Crippen molar-refractivity contribution in [1.82, 2.24) is 5.32 Å². The van der Waals surface area contributed by atoms with Crippen LogP contribution in [0.1, 0.15) is 0 Å².